The van der Waals surface area contributed by atoms with E-state index in [1.165, 1.54) is 6.07 Å². The Hall–Kier alpha value is -1.70. The highest BCUT2D eigenvalue weighted by atomic mass is 32.2. The highest BCUT2D eigenvalue weighted by molar-refractivity contribution is 7.91. The molecule has 8 heteroatoms. The lowest BCUT2D eigenvalue weighted by atomic mass is 10.1. The van der Waals surface area contributed by atoms with Crippen molar-refractivity contribution in [2.75, 3.05) is 23.4 Å². The van der Waals surface area contributed by atoms with Crippen LogP contribution in [-0.2, 0) is 9.84 Å². The number of nitrogens with one attached hydrogen (secondary N) is 1. The summed E-state index contributed by atoms with van der Waals surface area (Å²) < 4.78 is 22.7. The number of nitrogens with zero attached hydrogens (tertiary/aromatic N) is 2. The van der Waals surface area contributed by atoms with E-state index in [0.717, 1.165) is 0 Å². The van der Waals surface area contributed by atoms with Crippen LogP contribution in [0.3, 0.4) is 0 Å². The van der Waals surface area contributed by atoms with Crippen LogP contribution in [0.4, 0.5) is 11.5 Å². The van der Waals surface area contributed by atoms with Crippen molar-refractivity contribution in [3.05, 3.63) is 27.9 Å². The molecule has 0 radical (unpaired) electrons. The molecule has 0 aliphatic carbocycles. The van der Waals surface area contributed by atoms with E-state index >= 15 is 0 Å². The largest absolute Gasteiger partial charge is 0.364 e. The van der Waals surface area contributed by atoms with Gasteiger partial charge in [-0.2, -0.15) is 0 Å². The van der Waals surface area contributed by atoms with Gasteiger partial charge in [-0.1, -0.05) is 0 Å². The van der Waals surface area contributed by atoms with E-state index in [2.05, 4.69) is 10.3 Å². The number of hydrogen-bond donors (Lipinski definition) is 1. The summed E-state index contributed by atoms with van der Waals surface area (Å²) in [6.45, 7) is 2.13. The minimum absolute atomic E-state index is 0.00748. The standard InChI is InChI=1S/C11H15N3O4S/c1-8-2-3-10(14(15)16)11(13-8)12-6-9-4-5-19(17,18)7-9/h2-3,9H,4-7H2,1H3,(H,12,13). The second-order valence-electron chi connectivity index (χ2n) is 4.73. The molecule has 1 N–H and O–H groups in total. The number of anilines is 1. The summed E-state index contributed by atoms with van der Waals surface area (Å²) in [5.41, 5.74) is 0.582. The highest BCUT2D eigenvalue weighted by Gasteiger charge is 2.28. The van der Waals surface area contributed by atoms with Gasteiger partial charge in [0.1, 0.15) is 0 Å². The van der Waals surface area contributed by atoms with Gasteiger partial charge in [-0.3, -0.25) is 10.1 Å². The van der Waals surface area contributed by atoms with Crippen LogP contribution in [-0.4, -0.2) is 36.4 Å². The Morgan fingerprint density at radius 3 is 2.84 bits per heavy atom. The Bertz CT molecular complexity index is 600. The predicted octanol–water partition coefficient (Wildman–Crippen LogP) is 1.14. The van der Waals surface area contributed by atoms with Crippen molar-refractivity contribution in [3.8, 4) is 0 Å². The van der Waals surface area contributed by atoms with Gasteiger partial charge in [-0.05, 0) is 25.3 Å². The van der Waals surface area contributed by atoms with Gasteiger partial charge in [0.05, 0.1) is 16.4 Å². The van der Waals surface area contributed by atoms with Gasteiger partial charge in [0.25, 0.3) is 0 Å². The fourth-order valence-corrected chi connectivity index (χ4v) is 3.96. The molecule has 0 aromatic carbocycles. The number of sulfone groups is 1. The number of rotatable bonds is 4. The van der Waals surface area contributed by atoms with Crippen molar-refractivity contribution in [1.29, 1.82) is 0 Å². The van der Waals surface area contributed by atoms with Gasteiger partial charge >= 0.3 is 5.69 Å². The molecule has 1 aliphatic rings. The lowest BCUT2D eigenvalue weighted by Crippen LogP contribution is -2.17. The van der Waals surface area contributed by atoms with Crippen LogP contribution in [0.1, 0.15) is 12.1 Å². The van der Waals surface area contributed by atoms with Crippen LogP contribution in [0.2, 0.25) is 0 Å². The minimum Gasteiger partial charge on any atom is -0.364 e. The maximum Gasteiger partial charge on any atom is 0.311 e. The van der Waals surface area contributed by atoms with E-state index in [4.69, 9.17) is 0 Å². The van der Waals surface area contributed by atoms with Crippen LogP contribution < -0.4 is 5.32 Å². The smallest absolute Gasteiger partial charge is 0.311 e. The second kappa shape index (κ2) is 5.12. The first-order valence-electron chi connectivity index (χ1n) is 5.94. The van der Waals surface area contributed by atoms with Crippen molar-refractivity contribution in [2.24, 2.45) is 5.92 Å². The van der Waals surface area contributed by atoms with E-state index in [0.29, 0.717) is 18.7 Å². The maximum atomic E-state index is 11.3. The molecule has 1 fully saturated rings. The molecule has 1 atom stereocenters. The van der Waals surface area contributed by atoms with Crippen molar-refractivity contribution in [3.63, 3.8) is 0 Å². The molecule has 104 valence electrons. The van der Waals surface area contributed by atoms with Crippen LogP contribution in [0, 0.1) is 23.0 Å². The molecular formula is C11H15N3O4S. The normalized spacial score (nSPS) is 21.2. The number of pyridine rings is 1. The molecule has 0 bridgehead atoms. The molecule has 1 aliphatic heterocycles. The maximum absolute atomic E-state index is 11.3. The van der Waals surface area contributed by atoms with Crippen molar-refractivity contribution >= 4 is 21.3 Å². The summed E-state index contributed by atoms with van der Waals surface area (Å²) in [5, 5.41) is 13.8. The topological polar surface area (TPSA) is 102 Å². The van der Waals surface area contributed by atoms with Gasteiger partial charge in [-0.15, -0.1) is 0 Å². The molecule has 0 spiro atoms. The SMILES string of the molecule is Cc1ccc([N+](=O)[O-])c(NCC2CCS(=O)(=O)C2)n1. The average Bonchev–Trinajstić information content (AvgIpc) is 2.66. The van der Waals surface area contributed by atoms with Crippen LogP contribution in [0.15, 0.2) is 12.1 Å². The minimum atomic E-state index is -2.93. The lowest BCUT2D eigenvalue weighted by molar-refractivity contribution is -0.384. The number of aromatic nitrogens is 1. The summed E-state index contributed by atoms with van der Waals surface area (Å²) in [6.07, 6.45) is 0.592. The Kier molecular flexibility index (Phi) is 3.70. The summed E-state index contributed by atoms with van der Waals surface area (Å²) in [4.78, 5) is 14.5. The first kappa shape index (κ1) is 13.7. The third kappa shape index (κ3) is 3.40. The number of hydrogen-bond acceptors (Lipinski definition) is 6. The molecule has 2 heterocycles. The van der Waals surface area contributed by atoms with Crippen molar-refractivity contribution in [2.45, 2.75) is 13.3 Å². The molecule has 1 aromatic rings. The second-order valence-corrected chi connectivity index (χ2v) is 6.96. The molecule has 19 heavy (non-hydrogen) atoms. The van der Waals surface area contributed by atoms with Gasteiger partial charge in [0.15, 0.2) is 9.84 Å². The van der Waals surface area contributed by atoms with Crippen LogP contribution in [0.5, 0.6) is 0 Å². The first-order chi connectivity index (χ1) is 8.87. The molecule has 7 nitrogen and oxygen atoms in total. The number of aryl methyl sites for hydroxylation is 1. The molecular weight excluding hydrogens is 270 g/mol. The lowest BCUT2D eigenvalue weighted by Gasteiger charge is -2.10. The summed E-state index contributed by atoms with van der Waals surface area (Å²) in [5.74, 6) is 0.531. The monoisotopic (exact) mass is 285 g/mol. The Morgan fingerprint density at radius 2 is 2.26 bits per heavy atom. The molecule has 1 unspecified atom stereocenters. The van der Waals surface area contributed by atoms with Gasteiger partial charge in [0.2, 0.25) is 5.82 Å². The zero-order chi connectivity index (χ0) is 14.0. The quantitative estimate of drug-likeness (QED) is 0.657. The molecule has 1 saturated heterocycles. The molecule has 1 aromatic heterocycles. The van der Waals surface area contributed by atoms with E-state index in [9.17, 15) is 18.5 Å². The zero-order valence-electron chi connectivity index (χ0n) is 10.5. The Labute approximate surface area is 111 Å². The Balaban J connectivity index is 2.07. The van der Waals surface area contributed by atoms with E-state index in [1.807, 2.05) is 0 Å². The number of nitro groups is 1. The molecule has 0 saturated carbocycles. The molecule has 2 rings (SSSR count). The summed E-state index contributed by atoms with van der Waals surface area (Å²) in [6, 6.07) is 2.97. The Morgan fingerprint density at radius 1 is 1.53 bits per heavy atom. The fraction of sp³-hybridized carbons (Fsp3) is 0.545. The van der Waals surface area contributed by atoms with Crippen molar-refractivity contribution < 1.29 is 13.3 Å². The van der Waals surface area contributed by atoms with Gasteiger partial charge < -0.3 is 5.32 Å². The fourth-order valence-electron chi connectivity index (χ4n) is 2.10. The molecule has 0 amide bonds. The highest BCUT2D eigenvalue weighted by Crippen LogP contribution is 2.24. The summed E-state index contributed by atoms with van der Waals surface area (Å²) in [7, 11) is -2.93. The van der Waals surface area contributed by atoms with E-state index in [-0.39, 0.29) is 28.9 Å². The van der Waals surface area contributed by atoms with Gasteiger partial charge in [-0.25, -0.2) is 13.4 Å². The van der Waals surface area contributed by atoms with Gasteiger partial charge in [0, 0.05) is 18.3 Å². The van der Waals surface area contributed by atoms with E-state index in [1.54, 1.807) is 13.0 Å². The van der Waals surface area contributed by atoms with Crippen LogP contribution >= 0.6 is 0 Å². The third-order valence-electron chi connectivity index (χ3n) is 3.09. The predicted molar refractivity (Wildman–Crippen MR) is 70.9 cm³/mol. The average molecular weight is 285 g/mol. The zero-order valence-corrected chi connectivity index (χ0v) is 11.3. The van der Waals surface area contributed by atoms with Crippen molar-refractivity contribution in [1.82, 2.24) is 4.98 Å². The van der Waals surface area contributed by atoms with E-state index < -0.39 is 14.8 Å². The van der Waals surface area contributed by atoms with Crippen LogP contribution in [0.25, 0.3) is 0 Å². The third-order valence-corrected chi connectivity index (χ3v) is 4.93. The summed E-state index contributed by atoms with van der Waals surface area (Å²) >= 11 is 0. The first-order valence-corrected chi connectivity index (χ1v) is 7.76.